The fourth-order valence-corrected chi connectivity index (χ4v) is 4.68. The van der Waals surface area contributed by atoms with Crippen LogP contribution in [0.3, 0.4) is 0 Å². The number of hydrogen-bond donors (Lipinski definition) is 1. The van der Waals surface area contributed by atoms with Gasteiger partial charge in [-0.15, -0.1) is 21.5 Å². The maximum atomic E-state index is 12.4. The summed E-state index contributed by atoms with van der Waals surface area (Å²) in [6.45, 7) is 4.06. The quantitative estimate of drug-likeness (QED) is 0.325. The van der Waals surface area contributed by atoms with Crippen molar-refractivity contribution in [1.29, 1.82) is 0 Å². The highest BCUT2D eigenvalue weighted by Gasteiger charge is 2.18. The summed E-state index contributed by atoms with van der Waals surface area (Å²) < 4.78 is 7.88. The number of thiazole rings is 1. The van der Waals surface area contributed by atoms with Gasteiger partial charge in [0.15, 0.2) is 22.2 Å². The van der Waals surface area contributed by atoms with Crippen LogP contribution in [0.2, 0.25) is 0 Å². The number of rotatable bonds is 9. The molecule has 2 aromatic heterocycles. The number of ether oxygens (including phenoxy) is 1. The number of thioether (sulfide) groups is 1. The van der Waals surface area contributed by atoms with Crippen molar-refractivity contribution in [2.24, 2.45) is 7.05 Å². The maximum absolute atomic E-state index is 12.4. The number of anilines is 1. The summed E-state index contributed by atoms with van der Waals surface area (Å²) in [5.74, 6) is 1.55. The van der Waals surface area contributed by atoms with Gasteiger partial charge in [-0.05, 0) is 31.0 Å². The third-order valence-corrected chi connectivity index (χ3v) is 6.81. The molecule has 0 saturated carbocycles. The van der Waals surface area contributed by atoms with Crippen molar-refractivity contribution >= 4 is 34.1 Å². The molecule has 0 fully saturated rings. The first kappa shape index (κ1) is 23.0. The van der Waals surface area contributed by atoms with Crippen molar-refractivity contribution < 1.29 is 9.53 Å². The van der Waals surface area contributed by atoms with E-state index in [2.05, 4.69) is 39.6 Å². The van der Waals surface area contributed by atoms with E-state index in [0.717, 1.165) is 23.4 Å². The molecule has 2 aromatic carbocycles. The molecule has 4 rings (SSSR count). The van der Waals surface area contributed by atoms with E-state index >= 15 is 0 Å². The Morgan fingerprint density at radius 1 is 1.15 bits per heavy atom. The zero-order valence-electron chi connectivity index (χ0n) is 18.7. The van der Waals surface area contributed by atoms with Crippen LogP contribution in [0.25, 0.3) is 11.3 Å². The van der Waals surface area contributed by atoms with Gasteiger partial charge in [0.05, 0.1) is 11.4 Å². The van der Waals surface area contributed by atoms with Gasteiger partial charge in [0.1, 0.15) is 5.75 Å². The van der Waals surface area contributed by atoms with Crippen LogP contribution < -0.4 is 10.1 Å². The van der Waals surface area contributed by atoms with Gasteiger partial charge in [0.2, 0.25) is 5.91 Å². The molecule has 7 nitrogen and oxygen atoms in total. The van der Waals surface area contributed by atoms with Crippen molar-refractivity contribution in [2.45, 2.75) is 31.5 Å². The summed E-state index contributed by atoms with van der Waals surface area (Å²) in [6, 6.07) is 17.9. The summed E-state index contributed by atoms with van der Waals surface area (Å²) in [5, 5.41) is 14.5. The first-order chi connectivity index (χ1) is 16.0. The van der Waals surface area contributed by atoms with E-state index in [1.807, 2.05) is 66.4 Å². The van der Waals surface area contributed by atoms with Crippen LogP contribution in [0.15, 0.2) is 65.1 Å². The number of aromatic nitrogens is 4. The smallest absolute Gasteiger partial charge is 0.236 e. The van der Waals surface area contributed by atoms with Gasteiger partial charge in [-0.25, -0.2) is 4.98 Å². The summed E-state index contributed by atoms with van der Waals surface area (Å²) in [5.41, 5.74) is 3.13. The zero-order chi connectivity index (χ0) is 23.2. The topological polar surface area (TPSA) is 81.9 Å². The summed E-state index contributed by atoms with van der Waals surface area (Å²) in [6.07, 6.45) is 0.717. The number of amides is 1. The van der Waals surface area contributed by atoms with Crippen LogP contribution in [0, 0.1) is 0 Å². The predicted octanol–water partition coefficient (Wildman–Crippen LogP) is 5.37. The number of carbonyl (C=O) groups excluding carboxylic acids is 1. The minimum Gasteiger partial charge on any atom is -0.483 e. The van der Waals surface area contributed by atoms with E-state index in [4.69, 9.17) is 4.74 Å². The van der Waals surface area contributed by atoms with Gasteiger partial charge in [0.25, 0.3) is 0 Å². The lowest BCUT2D eigenvalue weighted by atomic mass is 10.2. The fraction of sp³-hybridized carbons (Fsp3) is 0.250. The lowest BCUT2D eigenvalue weighted by Gasteiger charge is -2.14. The van der Waals surface area contributed by atoms with Gasteiger partial charge >= 0.3 is 0 Å². The molecule has 0 aliphatic carbocycles. The van der Waals surface area contributed by atoms with Crippen molar-refractivity contribution in [3.8, 4) is 17.0 Å². The lowest BCUT2D eigenvalue weighted by molar-refractivity contribution is -0.113. The monoisotopic (exact) mass is 479 g/mol. The SMILES string of the molecule is CCc1ccc(OC(C)c2nnc(SCC(=O)Nc3nc(-c4ccccc4)cs3)n2C)cc1. The van der Waals surface area contributed by atoms with E-state index < -0.39 is 0 Å². The van der Waals surface area contributed by atoms with Crippen LogP contribution in [0.5, 0.6) is 5.75 Å². The Bertz CT molecular complexity index is 1210. The van der Waals surface area contributed by atoms with Crippen LogP contribution in [0.4, 0.5) is 5.13 Å². The molecule has 1 atom stereocenters. The average molecular weight is 480 g/mol. The van der Waals surface area contributed by atoms with Gasteiger partial charge in [0, 0.05) is 18.0 Å². The Morgan fingerprint density at radius 3 is 2.64 bits per heavy atom. The molecule has 0 aliphatic rings. The first-order valence-corrected chi connectivity index (χ1v) is 12.5. The number of aryl methyl sites for hydroxylation is 1. The predicted molar refractivity (Wildman–Crippen MR) is 133 cm³/mol. The zero-order valence-corrected chi connectivity index (χ0v) is 20.3. The lowest BCUT2D eigenvalue weighted by Crippen LogP contribution is -2.14. The normalized spacial score (nSPS) is 11.8. The van der Waals surface area contributed by atoms with Crippen LogP contribution in [-0.2, 0) is 18.3 Å². The molecule has 0 radical (unpaired) electrons. The van der Waals surface area contributed by atoms with Gasteiger partial charge < -0.3 is 14.6 Å². The highest BCUT2D eigenvalue weighted by Crippen LogP contribution is 2.26. The molecule has 4 aromatic rings. The largest absolute Gasteiger partial charge is 0.483 e. The van der Waals surface area contributed by atoms with Gasteiger partial charge in [-0.1, -0.05) is 61.2 Å². The average Bonchev–Trinajstić information content (AvgIpc) is 3.45. The molecule has 0 aliphatic heterocycles. The Kier molecular flexibility index (Phi) is 7.41. The molecule has 1 N–H and O–H groups in total. The van der Waals surface area contributed by atoms with Crippen molar-refractivity contribution in [3.63, 3.8) is 0 Å². The van der Waals surface area contributed by atoms with Crippen molar-refractivity contribution in [3.05, 3.63) is 71.4 Å². The third-order valence-electron chi connectivity index (χ3n) is 5.03. The van der Waals surface area contributed by atoms with E-state index in [1.54, 1.807) is 0 Å². The molecule has 33 heavy (non-hydrogen) atoms. The minimum atomic E-state index is -0.273. The second-order valence-electron chi connectivity index (χ2n) is 7.40. The summed E-state index contributed by atoms with van der Waals surface area (Å²) >= 11 is 2.73. The Morgan fingerprint density at radius 2 is 1.91 bits per heavy atom. The highest BCUT2D eigenvalue weighted by molar-refractivity contribution is 7.99. The van der Waals surface area contributed by atoms with E-state index in [-0.39, 0.29) is 17.8 Å². The maximum Gasteiger partial charge on any atom is 0.236 e. The van der Waals surface area contributed by atoms with E-state index in [9.17, 15) is 4.79 Å². The molecule has 0 bridgehead atoms. The Labute approximate surface area is 201 Å². The molecule has 2 heterocycles. The summed E-state index contributed by atoms with van der Waals surface area (Å²) in [4.78, 5) is 16.9. The van der Waals surface area contributed by atoms with Crippen LogP contribution in [0.1, 0.15) is 31.3 Å². The number of nitrogens with zero attached hydrogens (tertiary/aromatic N) is 4. The van der Waals surface area contributed by atoms with E-state index in [0.29, 0.717) is 16.1 Å². The molecule has 1 unspecified atom stereocenters. The molecule has 9 heteroatoms. The molecule has 1 amide bonds. The highest BCUT2D eigenvalue weighted by atomic mass is 32.2. The van der Waals surface area contributed by atoms with Crippen molar-refractivity contribution in [2.75, 3.05) is 11.1 Å². The van der Waals surface area contributed by atoms with Gasteiger partial charge in [-0.2, -0.15) is 0 Å². The fourth-order valence-electron chi connectivity index (χ4n) is 3.22. The standard InChI is InChI=1S/C24H25N5O2S2/c1-4-17-10-12-19(13-11-17)31-16(2)22-27-28-24(29(22)3)33-15-21(30)26-23-25-20(14-32-23)18-8-6-5-7-9-18/h5-14,16H,4,15H2,1-3H3,(H,25,26,30). The van der Waals surface area contributed by atoms with Crippen LogP contribution in [-0.4, -0.2) is 31.4 Å². The third kappa shape index (κ3) is 5.80. The second kappa shape index (κ2) is 10.6. The molecule has 0 saturated heterocycles. The summed E-state index contributed by atoms with van der Waals surface area (Å²) in [7, 11) is 1.88. The molecular weight excluding hydrogens is 454 g/mol. The molecular formula is C24H25N5O2S2. The minimum absolute atomic E-state index is 0.140. The number of carbonyl (C=O) groups is 1. The molecule has 170 valence electrons. The van der Waals surface area contributed by atoms with E-state index in [1.165, 1.54) is 28.7 Å². The Balaban J connectivity index is 1.31. The van der Waals surface area contributed by atoms with Crippen molar-refractivity contribution in [1.82, 2.24) is 19.7 Å². The first-order valence-electron chi connectivity index (χ1n) is 10.6. The molecule has 0 spiro atoms. The second-order valence-corrected chi connectivity index (χ2v) is 9.20. The number of nitrogens with one attached hydrogen (secondary N) is 1. The van der Waals surface area contributed by atoms with Gasteiger partial charge in [-0.3, -0.25) is 4.79 Å². The number of hydrogen-bond acceptors (Lipinski definition) is 7. The van der Waals surface area contributed by atoms with Crippen LogP contribution >= 0.6 is 23.1 Å². The Hall–Kier alpha value is -3.17. The number of benzene rings is 2.